The lowest BCUT2D eigenvalue weighted by Crippen LogP contribution is -2.49. The SMILES string of the molecule is CC1CCN(C(=O)C(C)(C)C(=O)Nc2c(C(C)C)cccc2C(C)C)CC1. The number of amides is 2. The zero-order valence-electron chi connectivity index (χ0n) is 18.1. The van der Waals surface area contributed by atoms with Gasteiger partial charge in [0.05, 0.1) is 0 Å². The van der Waals surface area contributed by atoms with E-state index < -0.39 is 5.41 Å². The molecule has 0 aromatic heterocycles. The van der Waals surface area contributed by atoms with Crippen LogP contribution < -0.4 is 5.32 Å². The molecule has 27 heavy (non-hydrogen) atoms. The molecular weight excluding hydrogens is 336 g/mol. The Morgan fingerprint density at radius 2 is 1.52 bits per heavy atom. The van der Waals surface area contributed by atoms with Crippen molar-refractivity contribution in [3.8, 4) is 0 Å². The van der Waals surface area contributed by atoms with Gasteiger partial charge in [0.1, 0.15) is 5.41 Å². The van der Waals surface area contributed by atoms with Gasteiger partial charge in [0.15, 0.2) is 0 Å². The Balaban J connectivity index is 2.26. The van der Waals surface area contributed by atoms with Crippen molar-refractivity contribution in [2.24, 2.45) is 11.3 Å². The molecule has 0 atom stereocenters. The molecule has 1 saturated heterocycles. The summed E-state index contributed by atoms with van der Waals surface area (Å²) in [5, 5.41) is 3.12. The number of carbonyl (C=O) groups is 2. The van der Waals surface area contributed by atoms with Gasteiger partial charge in [0.25, 0.3) is 0 Å². The molecule has 1 N–H and O–H groups in total. The minimum atomic E-state index is -1.08. The van der Waals surface area contributed by atoms with E-state index in [1.54, 1.807) is 13.8 Å². The van der Waals surface area contributed by atoms with Crippen molar-refractivity contribution < 1.29 is 9.59 Å². The van der Waals surface area contributed by atoms with Crippen LogP contribution >= 0.6 is 0 Å². The van der Waals surface area contributed by atoms with Gasteiger partial charge in [-0.2, -0.15) is 0 Å². The number of nitrogens with zero attached hydrogens (tertiary/aromatic N) is 1. The molecule has 2 rings (SSSR count). The number of hydrogen-bond acceptors (Lipinski definition) is 2. The van der Waals surface area contributed by atoms with Crippen LogP contribution in [0.25, 0.3) is 0 Å². The van der Waals surface area contributed by atoms with E-state index in [1.165, 1.54) is 0 Å². The standard InChI is InChI=1S/C23H36N2O2/c1-15(2)18-9-8-10-19(16(3)4)20(18)24-21(26)23(6,7)22(27)25-13-11-17(5)12-14-25/h8-10,15-17H,11-14H2,1-7H3,(H,24,26). The van der Waals surface area contributed by atoms with E-state index in [2.05, 4.69) is 52.1 Å². The van der Waals surface area contributed by atoms with Crippen LogP contribution in [0.5, 0.6) is 0 Å². The molecule has 0 aliphatic carbocycles. The van der Waals surface area contributed by atoms with Gasteiger partial charge in [-0.15, -0.1) is 0 Å². The maximum atomic E-state index is 13.2. The Labute approximate surface area is 164 Å². The maximum absolute atomic E-state index is 13.2. The van der Waals surface area contributed by atoms with Crippen LogP contribution in [0.4, 0.5) is 5.69 Å². The number of benzene rings is 1. The molecule has 0 saturated carbocycles. The predicted molar refractivity (Wildman–Crippen MR) is 112 cm³/mol. The lowest BCUT2D eigenvalue weighted by molar-refractivity contribution is -0.147. The summed E-state index contributed by atoms with van der Waals surface area (Å²) >= 11 is 0. The Bertz CT molecular complexity index is 657. The van der Waals surface area contributed by atoms with E-state index in [-0.39, 0.29) is 11.8 Å². The van der Waals surface area contributed by atoms with Gasteiger partial charge in [-0.3, -0.25) is 9.59 Å². The normalized spacial score (nSPS) is 16.1. The first-order chi connectivity index (χ1) is 12.6. The fraction of sp³-hybridized carbons (Fsp3) is 0.652. The molecule has 0 radical (unpaired) electrons. The Hall–Kier alpha value is -1.84. The Morgan fingerprint density at radius 1 is 1.04 bits per heavy atom. The first kappa shape index (κ1) is 21.5. The average molecular weight is 373 g/mol. The highest BCUT2D eigenvalue weighted by molar-refractivity contribution is 6.10. The smallest absolute Gasteiger partial charge is 0.239 e. The number of anilines is 1. The highest BCUT2D eigenvalue weighted by Crippen LogP contribution is 2.34. The highest BCUT2D eigenvalue weighted by Gasteiger charge is 2.40. The van der Waals surface area contributed by atoms with Crippen molar-refractivity contribution in [2.75, 3.05) is 18.4 Å². The summed E-state index contributed by atoms with van der Waals surface area (Å²) < 4.78 is 0. The first-order valence-corrected chi connectivity index (χ1v) is 10.3. The monoisotopic (exact) mass is 372 g/mol. The molecule has 0 spiro atoms. The summed E-state index contributed by atoms with van der Waals surface area (Å²) in [6, 6.07) is 6.17. The molecule has 1 aromatic rings. The van der Waals surface area contributed by atoms with Crippen LogP contribution in [0.2, 0.25) is 0 Å². The number of piperidine rings is 1. The summed E-state index contributed by atoms with van der Waals surface area (Å²) in [7, 11) is 0. The molecule has 4 nitrogen and oxygen atoms in total. The summed E-state index contributed by atoms with van der Waals surface area (Å²) in [6.07, 6.45) is 2.02. The van der Waals surface area contributed by atoms with Crippen LogP contribution in [0, 0.1) is 11.3 Å². The van der Waals surface area contributed by atoms with Gasteiger partial charge in [-0.1, -0.05) is 52.8 Å². The first-order valence-electron chi connectivity index (χ1n) is 10.3. The van der Waals surface area contributed by atoms with Crippen molar-refractivity contribution in [3.63, 3.8) is 0 Å². The van der Waals surface area contributed by atoms with Gasteiger partial charge < -0.3 is 10.2 Å². The zero-order valence-corrected chi connectivity index (χ0v) is 18.1. The quantitative estimate of drug-likeness (QED) is 0.726. The molecule has 2 amide bonds. The van der Waals surface area contributed by atoms with Crippen LogP contribution in [0.15, 0.2) is 18.2 Å². The van der Waals surface area contributed by atoms with E-state index in [4.69, 9.17) is 0 Å². The fourth-order valence-electron chi connectivity index (χ4n) is 3.67. The summed E-state index contributed by atoms with van der Waals surface area (Å²) in [5.74, 6) is 0.946. The molecule has 1 heterocycles. The van der Waals surface area contributed by atoms with Gasteiger partial charge in [0.2, 0.25) is 11.8 Å². The van der Waals surface area contributed by atoms with Crippen molar-refractivity contribution in [1.29, 1.82) is 0 Å². The lowest BCUT2D eigenvalue weighted by atomic mass is 9.87. The molecule has 1 aliphatic rings. The minimum absolute atomic E-state index is 0.0694. The van der Waals surface area contributed by atoms with E-state index in [0.29, 0.717) is 17.8 Å². The second-order valence-electron chi connectivity index (χ2n) is 9.17. The molecule has 150 valence electrons. The molecule has 1 fully saturated rings. The largest absolute Gasteiger partial charge is 0.342 e. The van der Waals surface area contributed by atoms with Gasteiger partial charge in [0, 0.05) is 18.8 Å². The maximum Gasteiger partial charge on any atom is 0.239 e. The van der Waals surface area contributed by atoms with E-state index in [0.717, 1.165) is 42.7 Å². The predicted octanol–water partition coefficient (Wildman–Crippen LogP) is 5.16. The number of hydrogen-bond donors (Lipinski definition) is 1. The second-order valence-corrected chi connectivity index (χ2v) is 9.17. The summed E-state index contributed by atoms with van der Waals surface area (Å²) in [6.45, 7) is 15.7. The summed E-state index contributed by atoms with van der Waals surface area (Å²) in [5.41, 5.74) is 2.02. The van der Waals surface area contributed by atoms with Crippen LogP contribution in [0.3, 0.4) is 0 Å². The molecular formula is C23H36N2O2. The van der Waals surface area contributed by atoms with Gasteiger partial charge in [-0.25, -0.2) is 0 Å². The lowest BCUT2D eigenvalue weighted by Gasteiger charge is -2.35. The molecule has 0 unspecified atom stereocenters. The average Bonchev–Trinajstić information content (AvgIpc) is 2.61. The molecule has 4 heteroatoms. The van der Waals surface area contributed by atoms with Crippen molar-refractivity contribution in [2.45, 2.75) is 73.1 Å². The number of carbonyl (C=O) groups excluding carboxylic acids is 2. The number of likely N-dealkylation sites (tertiary alicyclic amines) is 1. The number of para-hydroxylation sites is 1. The zero-order chi connectivity index (χ0) is 20.4. The van der Waals surface area contributed by atoms with E-state index in [9.17, 15) is 9.59 Å². The second kappa shape index (κ2) is 8.45. The number of rotatable bonds is 5. The Kier molecular flexibility index (Phi) is 6.72. The minimum Gasteiger partial charge on any atom is -0.342 e. The molecule has 0 bridgehead atoms. The number of nitrogens with one attached hydrogen (secondary N) is 1. The van der Waals surface area contributed by atoms with Gasteiger partial charge in [-0.05, 0) is 55.6 Å². The third-order valence-electron chi connectivity index (χ3n) is 5.78. The molecule has 1 aromatic carbocycles. The third kappa shape index (κ3) is 4.72. The van der Waals surface area contributed by atoms with Gasteiger partial charge >= 0.3 is 0 Å². The van der Waals surface area contributed by atoms with Crippen molar-refractivity contribution in [1.82, 2.24) is 4.90 Å². The van der Waals surface area contributed by atoms with Crippen molar-refractivity contribution >= 4 is 17.5 Å². The van der Waals surface area contributed by atoms with E-state index >= 15 is 0 Å². The van der Waals surface area contributed by atoms with E-state index in [1.807, 2.05) is 11.0 Å². The third-order valence-corrected chi connectivity index (χ3v) is 5.78. The van der Waals surface area contributed by atoms with Crippen LogP contribution in [-0.4, -0.2) is 29.8 Å². The highest BCUT2D eigenvalue weighted by atomic mass is 16.2. The topological polar surface area (TPSA) is 49.4 Å². The summed E-state index contributed by atoms with van der Waals surface area (Å²) in [4.78, 5) is 28.1. The Morgan fingerprint density at radius 3 is 1.96 bits per heavy atom. The van der Waals surface area contributed by atoms with Crippen molar-refractivity contribution in [3.05, 3.63) is 29.3 Å². The molecule has 1 aliphatic heterocycles. The fourth-order valence-corrected chi connectivity index (χ4v) is 3.67. The van der Waals surface area contributed by atoms with Crippen LogP contribution in [-0.2, 0) is 9.59 Å². The van der Waals surface area contributed by atoms with Crippen LogP contribution in [0.1, 0.15) is 84.3 Å².